The Hall–Kier alpha value is -0.830. The van der Waals surface area contributed by atoms with Crippen LogP contribution in [0.25, 0.3) is 0 Å². The van der Waals surface area contributed by atoms with E-state index in [0.717, 1.165) is 10.0 Å². The molecule has 58 valence electrons. The quantitative estimate of drug-likeness (QED) is 0.761. The molecule has 0 aromatic heterocycles. The summed E-state index contributed by atoms with van der Waals surface area (Å²) >= 11 is 3.23. The van der Waals surface area contributed by atoms with Crippen molar-refractivity contribution in [1.82, 2.24) is 0 Å². The molecule has 0 saturated carbocycles. The van der Waals surface area contributed by atoms with Crippen LogP contribution in [0.15, 0.2) is 22.7 Å². The van der Waals surface area contributed by atoms with Gasteiger partial charge in [-0.05, 0) is 35.0 Å². The summed E-state index contributed by atoms with van der Waals surface area (Å²) in [7, 11) is 0. The minimum absolute atomic E-state index is 0.402. The lowest BCUT2D eigenvalue weighted by Gasteiger charge is -1.99. The molecule has 3 heteroatoms. The Kier molecular flexibility index (Phi) is 2.29. The first-order valence-electron chi connectivity index (χ1n) is 3.17. The van der Waals surface area contributed by atoms with Crippen molar-refractivity contribution in [2.24, 2.45) is 5.73 Å². The van der Waals surface area contributed by atoms with E-state index in [4.69, 9.17) is 5.73 Å². The average molecular weight is 214 g/mol. The lowest BCUT2D eigenvalue weighted by Crippen LogP contribution is -2.11. The van der Waals surface area contributed by atoms with Crippen LogP contribution >= 0.6 is 15.9 Å². The van der Waals surface area contributed by atoms with E-state index in [0.29, 0.717) is 5.56 Å². The number of amides is 1. The van der Waals surface area contributed by atoms with Gasteiger partial charge in [0.25, 0.3) is 0 Å². The molecule has 0 aliphatic carbocycles. The van der Waals surface area contributed by atoms with Crippen molar-refractivity contribution in [1.29, 1.82) is 0 Å². The Balaban J connectivity index is 3.23. The van der Waals surface area contributed by atoms with Crippen LogP contribution in [0.5, 0.6) is 0 Å². The van der Waals surface area contributed by atoms with E-state index in [2.05, 4.69) is 15.9 Å². The maximum absolute atomic E-state index is 10.8. The van der Waals surface area contributed by atoms with Crippen LogP contribution in [-0.4, -0.2) is 5.91 Å². The van der Waals surface area contributed by atoms with Gasteiger partial charge in [-0.3, -0.25) is 4.79 Å². The Bertz CT molecular complexity index is 296. The second-order valence-corrected chi connectivity index (χ2v) is 3.20. The van der Waals surface area contributed by atoms with E-state index < -0.39 is 5.91 Å². The summed E-state index contributed by atoms with van der Waals surface area (Å²) in [4.78, 5) is 10.8. The number of halogens is 1. The molecular formula is C8H8BrNO. The minimum Gasteiger partial charge on any atom is -0.366 e. The molecule has 0 spiro atoms. The molecule has 0 radical (unpaired) electrons. The summed E-state index contributed by atoms with van der Waals surface area (Å²) in [5, 5.41) is 0. The average Bonchev–Trinajstić information content (AvgIpc) is 1.94. The van der Waals surface area contributed by atoms with Crippen molar-refractivity contribution in [2.75, 3.05) is 0 Å². The largest absolute Gasteiger partial charge is 0.366 e. The second kappa shape index (κ2) is 3.05. The third-order valence-electron chi connectivity index (χ3n) is 1.39. The molecule has 1 aromatic rings. The highest BCUT2D eigenvalue weighted by Gasteiger charge is 2.04. The summed E-state index contributed by atoms with van der Waals surface area (Å²) in [5.41, 5.74) is 6.68. The number of nitrogens with two attached hydrogens (primary N) is 1. The summed E-state index contributed by atoms with van der Waals surface area (Å²) < 4.78 is 0.746. The summed E-state index contributed by atoms with van der Waals surface area (Å²) in [6.45, 7) is 1.92. The van der Waals surface area contributed by atoms with Crippen LogP contribution in [0.4, 0.5) is 0 Å². The number of primary amides is 1. The Morgan fingerprint density at radius 2 is 2.18 bits per heavy atom. The molecule has 0 unspecified atom stereocenters. The fourth-order valence-corrected chi connectivity index (χ4v) is 1.27. The van der Waals surface area contributed by atoms with E-state index in [1.807, 2.05) is 19.1 Å². The van der Waals surface area contributed by atoms with Crippen LogP contribution in [0.3, 0.4) is 0 Å². The number of benzene rings is 1. The molecule has 1 aromatic carbocycles. The third-order valence-corrected chi connectivity index (χ3v) is 2.08. The van der Waals surface area contributed by atoms with Gasteiger partial charge in [0.1, 0.15) is 0 Å². The van der Waals surface area contributed by atoms with Gasteiger partial charge in [0.2, 0.25) is 5.91 Å². The van der Waals surface area contributed by atoms with Crippen molar-refractivity contribution < 1.29 is 4.79 Å². The van der Waals surface area contributed by atoms with Gasteiger partial charge in [0.05, 0.1) is 5.56 Å². The van der Waals surface area contributed by atoms with E-state index in [1.165, 1.54) is 0 Å². The zero-order chi connectivity index (χ0) is 8.43. The fraction of sp³-hybridized carbons (Fsp3) is 0.125. The molecule has 0 aliphatic rings. The van der Waals surface area contributed by atoms with Crippen molar-refractivity contribution in [2.45, 2.75) is 6.92 Å². The number of hydrogen-bond donors (Lipinski definition) is 1. The standard InChI is InChI=1S/C8H8BrNO/c1-5-2-3-7(9)6(4-5)8(10)11/h2-4H,1H3,(H2,10,11). The highest BCUT2D eigenvalue weighted by atomic mass is 79.9. The van der Waals surface area contributed by atoms with Gasteiger partial charge in [-0.2, -0.15) is 0 Å². The number of hydrogen-bond acceptors (Lipinski definition) is 1. The topological polar surface area (TPSA) is 43.1 Å². The highest BCUT2D eigenvalue weighted by molar-refractivity contribution is 9.10. The normalized spacial score (nSPS) is 9.64. The van der Waals surface area contributed by atoms with Crippen LogP contribution in [-0.2, 0) is 0 Å². The first-order chi connectivity index (χ1) is 5.11. The monoisotopic (exact) mass is 213 g/mol. The highest BCUT2D eigenvalue weighted by Crippen LogP contribution is 2.16. The molecule has 1 rings (SSSR count). The number of aryl methyl sites for hydroxylation is 1. The molecule has 2 nitrogen and oxygen atoms in total. The zero-order valence-electron chi connectivity index (χ0n) is 6.10. The third kappa shape index (κ3) is 1.80. The van der Waals surface area contributed by atoms with Gasteiger partial charge in [0.15, 0.2) is 0 Å². The van der Waals surface area contributed by atoms with E-state index in [-0.39, 0.29) is 0 Å². The van der Waals surface area contributed by atoms with E-state index in [9.17, 15) is 4.79 Å². The summed E-state index contributed by atoms with van der Waals surface area (Å²) in [6, 6.07) is 5.48. The van der Waals surface area contributed by atoms with Gasteiger partial charge < -0.3 is 5.73 Å². The van der Waals surface area contributed by atoms with Gasteiger partial charge in [0, 0.05) is 4.47 Å². The van der Waals surface area contributed by atoms with Crippen LogP contribution in [0.1, 0.15) is 15.9 Å². The van der Waals surface area contributed by atoms with Crippen LogP contribution in [0.2, 0.25) is 0 Å². The minimum atomic E-state index is -0.402. The molecule has 0 aliphatic heterocycles. The molecule has 1 amide bonds. The molecular weight excluding hydrogens is 206 g/mol. The van der Waals surface area contributed by atoms with Crippen molar-refractivity contribution in [3.8, 4) is 0 Å². The molecule has 0 bridgehead atoms. The lowest BCUT2D eigenvalue weighted by molar-refractivity contribution is 0.0999. The molecule has 11 heavy (non-hydrogen) atoms. The first-order valence-corrected chi connectivity index (χ1v) is 3.96. The molecule has 0 fully saturated rings. The summed E-state index contributed by atoms with van der Waals surface area (Å²) in [6.07, 6.45) is 0. The molecule has 0 atom stereocenters. The van der Waals surface area contributed by atoms with Crippen molar-refractivity contribution >= 4 is 21.8 Å². The zero-order valence-corrected chi connectivity index (χ0v) is 7.68. The maximum atomic E-state index is 10.8. The van der Waals surface area contributed by atoms with E-state index >= 15 is 0 Å². The Morgan fingerprint density at radius 1 is 1.55 bits per heavy atom. The predicted molar refractivity (Wildman–Crippen MR) is 47.4 cm³/mol. The lowest BCUT2D eigenvalue weighted by atomic mass is 10.1. The second-order valence-electron chi connectivity index (χ2n) is 2.35. The smallest absolute Gasteiger partial charge is 0.249 e. The number of carbonyl (C=O) groups is 1. The fourth-order valence-electron chi connectivity index (χ4n) is 0.828. The van der Waals surface area contributed by atoms with Crippen molar-refractivity contribution in [3.63, 3.8) is 0 Å². The molecule has 0 saturated heterocycles. The number of carbonyl (C=O) groups excluding carboxylic acids is 1. The predicted octanol–water partition coefficient (Wildman–Crippen LogP) is 1.86. The summed E-state index contributed by atoms with van der Waals surface area (Å²) in [5.74, 6) is -0.402. The van der Waals surface area contributed by atoms with E-state index in [1.54, 1.807) is 6.07 Å². The van der Waals surface area contributed by atoms with Crippen molar-refractivity contribution in [3.05, 3.63) is 33.8 Å². The van der Waals surface area contributed by atoms with Gasteiger partial charge in [-0.25, -0.2) is 0 Å². The number of rotatable bonds is 1. The van der Waals surface area contributed by atoms with Crippen LogP contribution < -0.4 is 5.73 Å². The SMILES string of the molecule is Cc1ccc(Br)c(C(N)=O)c1. The van der Waals surface area contributed by atoms with Gasteiger partial charge in [-0.15, -0.1) is 0 Å². The Morgan fingerprint density at radius 3 is 2.64 bits per heavy atom. The van der Waals surface area contributed by atoms with Crippen LogP contribution in [0, 0.1) is 6.92 Å². The van der Waals surface area contributed by atoms with Gasteiger partial charge in [-0.1, -0.05) is 11.6 Å². The maximum Gasteiger partial charge on any atom is 0.249 e. The molecule has 0 heterocycles. The molecule has 2 N–H and O–H groups in total. The first kappa shape index (κ1) is 8.27. The van der Waals surface area contributed by atoms with Gasteiger partial charge >= 0.3 is 0 Å². The Labute approximate surface area is 73.5 Å².